The van der Waals surface area contributed by atoms with Crippen molar-refractivity contribution in [2.24, 2.45) is 0 Å². The molecule has 0 amide bonds. The zero-order chi connectivity index (χ0) is 33.0. The molecule has 0 N–H and O–H groups in total. The molecule has 0 saturated heterocycles. The van der Waals surface area contributed by atoms with Crippen molar-refractivity contribution in [2.45, 2.75) is 19.1 Å². The minimum absolute atomic E-state index is 0.0230. The number of fused-ring (bicyclic) bond motifs is 2. The number of rotatable bonds is 16. The molecule has 0 radical (unpaired) electrons. The second-order valence-corrected chi connectivity index (χ2v) is 10.8. The van der Waals surface area contributed by atoms with Crippen molar-refractivity contribution in [3.05, 3.63) is 134 Å². The number of benzene rings is 5. The third-order valence-electron chi connectivity index (χ3n) is 7.11. The zero-order valence-electron chi connectivity index (χ0n) is 26.1. The van der Waals surface area contributed by atoms with Crippen molar-refractivity contribution in [3.63, 3.8) is 0 Å². The molecule has 2 atom stereocenters. The van der Waals surface area contributed by atoms with Gasteiger partial charge >= 0.3 is 11.9 Å². The first kappa shape index (κ1) is 32.6. The quantitative estimate of drug-likeness (QED) is 0.0821. The van der Waals surface area contributed by atoms with Gasteiger partial charge in [-0.2, -0.15) is 0 Å². The smallest absolute Gasteiger partial charge is 0.330 e. The summed E-state index contributed by atoms with van der Waals surface area (Å²) >= 11 is 0. The zero-order valence-corrected chi connectivity index (χ0v) is 26.1. The molecule has 0 fully saturated rings. The lowest BCUT2D eigenvalue weighted by molar-refractivity contribution is -0.146. The van der Waals surface area contributed by atoms with Crippen LogP contribution in [0.2, 0.25) is 0 Å². The Hall–Kier alpha value is -5.76. The van der Waals surface area contributed by atoms with Gasteiger partial charge in [0.25, 0.3) is 0 Å². The van der Waals surface area contributed by atoms with Gasteiger partial charge in [0, 0.05) is 18.2 Å². The SMILES string of the molecule is C=CC(=O)OC(COc1cc(C)cc(OCC(COc2ccc3ccccc3c2)OC(=O)C=C)c1)COc1ccc2ccccc2c1. The van der Waals surface area contributed by atoms with Crippen LogP contribution in [0.4, 0.5) is 0 Å². The Morgan fingerprint density at radius 2 is 0.915 bits per heavy atom. The van der Waals surface area contributed by atoms with Gasteiger partial charge in [-0.3, -0.25) is 0 Å². The van der Waals surface area contributed by atoms with Crippen LogP contribution in [0.3, 0.4) is 0 Å². The molecule has 5 aromatic carbocycles. The molecule has 0 aliphatic carbocycles. The summed E-state index contributed by atoms with van der Waals surface area (Å²) in [5.41, 5.74) is 0.872. The summed E-state index contributed by atoms with van der Waals surface area (Å²) in [4.78, 5) is 24.1. The van der Waals surface area contributed by atoms with E-state index < -0.39 is 24.1 Å². The third-order valence-corrected chi connectivity index (χ3v) is 7.11. The van der Waals surface area contributed by atoms with Crippen molar-refractivity contribution < 1.29 is 38.0 Å². The van der Waals surface area contributed by atoms with Crippen LogP contribution in [0.15, 0.2) is 128 Å². The first-order chi connectivity index (χ1) is 22.9. The molecule has 0 aliphatic heterocycles. The van der Waals surface area contributed by atoms with E-state index in [2.05, 4.69) is 13.2 Å². The highest BCUT2D eigenvalue weighted by Crippen LogP contribution is 2.25. The summed E-state index contributed by atoms with van der Waals surface area (Å²) < 4.78 is 35.0. The number of ether oxygens (including phenoxy) is 6. The number of aryl methyl sites for hydroxylation is 1. The highest BCUT2D eigenvalue weighted by atomic mass is 16.6. The van der Waals surface area contributed by atoms with Crippen molar-refractivity contribution >= 4 is 33.5 Å². The number of esters is 2. The van der Waals surface area contributed by atoms with Gasteiger partial charge in [0.2, 0.25) is 0 Å². The molecule has 0 heterocycles. The fourth-order valence-electron chi connectivity index (χ4n) is 4.81. The van der Waals surface area contributed by atoms with Crippen LogP contribution in [0.5, 0.6) is 23.0 Å². The van der Waals surface area contributed by atoms with Crippen LogP contribution in [0, 0.1) is 6.92 Å². The minimum Gasteiger partial charge on any atom is -0.490 e. The van der Waals surface area contributed by atoms with Gasteiger partial charge < -0.3 is 28.4 Å². The highest BCUT2D eigenvalue weighted by Gasteiger charge is 2.18. The summed E-state index contributed by atoms with van der Waals surface area (Å²) in [7, 11) is 0. The fraction of sp³-hybridized carbons (Fsp3) is 0.179. The Kier molecular flexibility index (Phi) is 11.1. The second kappa shape index (κ2) is 16.0. The molecular weight excluding hydrogens is 596 g/mol. The van der Waals surface area contributed by atoms with E-state index in [9.17, 15) is 9.59 Å². The summed E-state index contributed by atoms with van der Waals surface area (Å²) in [6.45, 7) is 9.06. The summed E-state index contributed by atoms with van der Waals surface area (Å²) in [6, 6.07) is 32.8. The molecule has 0 spiro atoms. The number of hydrogen-bond donors (Lipinski definition) is 0. The summed E-state index contributed by atoms with van der Waals surface area (Å²) in [5, 5.41) is 4.26. The molecule has 5 aromatic rings. The van der Waals surface area contributed by atoms with Gasteiger partial charge in [-0.15, -0.1) is 0 Å². The maximum atomic E-state index is 12.1. The average molecular weight is 633 g/mol. The van der Waals surface area contributed by atoms with E-state index in [1.165, 1.54) is 0 Å². The molecule has 0 bridgehead atoms. The normalized spacial score (nSPS) is 12.0. The van der Waals surface area contributed by atoms with Gasteiger partial charge in [0.05, 0.1) is 0 Å². The lowest BCUT2D eigenvalue weighted by Gasteiger charge is -2.20. The van der Waals surface area contributed by atoms with E-state index in [1.807, 2.05) is 104 Å². The van der Waals surface area contributed by atoms with E-state index in [1.54, 1.807) is 6.07 Å². The van der Waals surface area contributed by atoms with Crippen LogP contribution < -0.4 is 18.9 Å². The maximum Gasteiger partial charge on any atom is 0.330 e. The van der Waals surface area contributed by atoms with Gasteiger partial charge in [-0.25, -0.2) is 9.59 Å². The van der Waals surface area contributed by atoms with E-state index in [4.69, 9.17) is 28.4 Å². The van der Waals surface area contributed by atoms with Gasteiger partial charge in [0.1, 0.15) is 49.4 Å². The molecule has 240 valence electrons. The van der Waals surface area contributed by atoms with Crippen LogP contribution in [-0.4, -0.2) is 50.6 Å². The molecular formula is C39H36O8. The largest absolute Gasteiger partial charge is 0.490 e. The summed E-state index contributed by atoms with van der Waals surface area (Å²) in [6.07, 6.45) is 0.764. The van der Waals surface area contributed by atoms with Gasteiger partial charge in [-0.05, 0) is 70.4 Å². The summed E-state index contributed by atoms with van der Waals surface area (Å²) in [5.74, 6) is 1.12. The predicted molar refractivity (Wildman–Crippen MR) is 181 cm³/mol. The van der Waals surface area contributed by atoms with E-state index in [-0.39, 0.29) is 26.4 Å². The van der Waals surface area contributed by atoms with Gasteiger partial charge in [-0.1, -0.05) is 73.8 Å². The standard InChI is InChI=1S/C39H36O8/c1-4-38(40)46-36(23-42-32-16-14-28-10-6-8-12-30(28)20-32)25-44-34-18-27(3)19-35(22-34)45-26-37(47-39(41)5-2)24-43-33-17-15-29-11-7-9-13-31(29)21-33/h4-22,36-37H,1-2,23-26H2,3H3. The molecule has 0 aromatic heterocycles. The predicted octanol–water partition coefficient (Wildman–Crippen LogP) is 7.41. The Morgan fingerprint density at radius 3 is 1.32 bits per heavy atom. The van der Waals surface area contributed by atoms with Crippen molar-refractivity contribution in [2.75, 3.05) is 26.4 Å². The molecule has 0 aliphatic rings. The minimum atomic E-state index is -0.716. The third kappa shape index (κ3) is 9.61. The lowest BCUT2D eigenvalue weighted by Crippen LogP contribution is -2.31. The topological polar surface area (TPSA) is 89.5 Å². The van der Waals surface area contributed by atoms with Crippen LogP contribution in [0.25, 0.3) is 21.5 Å². The van der Waals surface area contributed by atoms with Gasteiger partial charge in [0.15, 0.2) is 12.2 Å². The monoisotopic (exact) mass is 632 g/mol. The Bertz CT molecular complexity index is 1730. The first-order valence-electron chi connectivity index (χ1n) is 15.1. The van der Waals surface area contributed by atoms with Crippen molar-refractivity contribution in [3.8, 4) is 23.0 Å². The Balaban J connectivity index is 1.20. The average Bonchev–Trinajstić information content (AvgIpc) is 3.09. The lowest BCUT2D eigenvalue weighted by atomic mass is 10.1. The highest BCUT2D eigenvalue weighted by molar-refractivity contribution is 5.84. The van der Waals surface area contributed by atoms with Crippen LogP contribution in [-0.2, 0) is 19.1 Å². The van der Waals surface area contributed by atoms with E-state index >= 15 is 0 Å². The second-order valence-electron chi connectivity index (χ2n) is 10.8. The van der Waals surface area contributed by atoms with Crippen molar-refractivity contribution in [1.82, 2.24) is 0 Å². The number of hydrogen-bond acceptors (Lipinski definition) is 8. The van der Waals surface area contributed by atoms with Crippen molar-refractivity contribution in [1.29, 1.82) is 0 Å². The fourth-order valence-corrected chi connectivity index (χ4v) is 4.81. The molecule has 8 heteroatoms. The Morgan fingerprint density at radius 1 is 0.532 bits per heavy atom. The van der Waals surface area contributed by atoms with E-state index in [0.717, 1.165) is 39.3 Å². The first-order valence-corrected chi connectivity index (χ1v) is 15.1. The molecule has 5 rings (SSSR count). The Labute approximate surface area is 273 Å². The molecule has 47 heavy (non-hydrogen) atoms. The maximum absolute atomic E-state index is 12.1. The van der Waals surface area contributed by atoms with Crippen LogP contribution in [0.1, 0.15) is 5.56 Å². The molecule has 8 nitrogen and oxygen atoms in total. The van der Waals surface area contributed by atoms with E-state index in [0.29, 0.717) is 23.0 Å². The molecule has 2 unspecified atom stereocenters. The number of carbonyl (C=O) groups is 2. The van der Waals surface area contributed by atoms with Crippen LogP contribution >= 0.6 is 0 Å². The number of carbonyl (C=O) groups excluding carboxylic acids is 2. The molecule has 0 saturated carbocycles.